The standard InChI is InChI=1S/C20H32O/c1-16(8-6-9-17(2)13-15-21)11-12-19-18(3)10-7-14-20(19,4)5/h8,13,15H,6-7,9-12,14H2,1-5H3/b16-8+,17-13?. The number of hydrogen-bond donors (Lipinski definition) is 0. The number of carbonyl (C=O) groups excluding carboxylic acids is 1. The Hall–Kier alpha value is -1.11. The lowest BCUT2D eigenvalue weighted by atomic mass is 9.71. The average Bonchev–Trinajstić information content (AvgIpc) is 2.37. The average molecular weight is 288 g/mol. The van der Waals surface area contributed by atoms with Crippen LogP contribution in [-0.4, -0.2) is 6.29 Å². The zero-order valence-electron chi connectivity index (χ0n) is 14.6. The SMILES string of the molecule is CC(=CC=O)CC/C=C(\C)CCC1=C(C)CCCC1(C)C. The summed E-state index contributed by atoms with van der Waals surface area (Å²) in [4.78, 5) is 10.4. The van der Waals surface area contributed by atoms with Crippen LogP contribution in [0.3, 0.4) is 0 Å². The second-order valence-corrected chi connectivity index (χ2v) is 7.23. The molecule has 0 saturated heterocycles. The van der Waals surface area contributed by atoms with Gasteiger partial charge in [-0.1, -0.05) is 42.2 Å². The van der Waals surface area contributed by atoms with Crippen molar-refractivity contribution in [3.63, 3.8) is 0 Å². The van der Waals surface area contributed by atoms with Crippen molar-refractivity contribution < 1.29 is 4.79 Å². The highest BCUT2D eigenvalue weighted by Crippen LogP contribution is 2.42. The molecule has 1 nitrogen and oxygen atoms in total. The summed E-state index contributed by atoms with van der Waals surface area (Å²) in [5, 5.41) is 0. The van der Waals surface area contributed by atoms with E-state index in [0.29, 0.717) is 5.41 Å². The highest BCUT2D eigenvalue weighted by atomic mass is 16.1. The van der Waals surface area contributed by atoms with Gasteiger partial charge in [-0.3, -0.25) is 4.79 Å². The molecule has 0 aromatic carbocycles. The first kappa shape index (κ1) is 17.9. The summed E-state index contributed by atoms with van der Waals surface area (Å²) < 4.78 is 0. The third kappa shape index (κ3) is 6.03. The summed E-state index contributed by atoms with van der Waals surface area (Å²) in [5.74, 6) is 0. The van der Waals surface area contributed by atoms with Crippen molar-refractivity contribution in [2.75, 3.05) is 0 Å². The summed E-state index contributed by atoms with van der Waals surface area (Å²) in [6.07, 6.45) is 13.3. The van der Waals surface area contributed by atoms with Crippen molar-refractivity contribution in [2.24, 2.45) is 5.41 Å². The van der Waals surface area contributed by atoms with E-state index < -0.39 is 0 Å². The molecular formula is C20H32O. The largest absolute Gasteiger partial charge is 0.299 e. The zero-order chi connectivity index (χ0) is 15.9. The number of allylic oxidation sites excluding steroid dienone is 6. The highest BCUT2D eigenvalue weighted by Gasteiger charge is 2.27. The van der Waals surface area contributed by atoms with Crippen molar-refractivity contribution in [1.82, 2.24) is 0 Å². The van der Waals surface area contributed by atoms with Gasteiger partial charge in [-0.25, -0.2) is 0 Å². The van der Waals surface area contributed by atoms with Gasteiger partial charge in [0.2, 0.25) is 0 Å². The summed E-state index contributed by atoms with van der Waals surface area (Å²) in [5.41, 5.74) is 6.37. The third-order valence-electron chi connectivity index (χ3n) is 4.84. The maximum absolute atomic E-state index is 10.4. The van der Waals surface area contributed by atoms with E-state index in [4.69, 9.17) is 0 Å². The van der Waals surface area contributed by atoms with Crippen LogP contribution < -0.4 is 0 Å². The first-order chi connectivity index (χ1) is 9.86. The fraction of sp³-hybridized carbons (Fsp3) is 0.650. The minimum absolute atomic E-state index is 0.395. The Labute approximate surface area is 131 Å². The molecule has 0 unspecified atom stereocenters. The van der Waals surface area contributed by atoms with Crippen molar-refractivity contribution in [3.8, 4) is 0 Å². The van der Waals surface area contributed by atoms with E-state index in [0.717, 1.165) is 19.1 Å². The zero-order valence-corrected chi connectivity index (χ0v) is 14.6. The predicted octanol–water partition coefficient (Wildman–Crippen LogP) is 6.16. The quantitative estimate of drug-likeness (QED) is 0.311. The second-order valence-electron chi connectivity index (χ2n) is 7.23. The van der Waals surface area contributed by atoms with Crippen molar-refractivity contribution in [2.45, 2.75) is 79.6 Å². The van der Waals surface area contributed by atoms with Gasteiger partial charge >= 0.3 is 0 Å². The molecule has 1 aliphatic carbocycles. The topological polar surface area (TPSA) is 17.1 Å². The monoisotopic (exact) mass is 288 g/mol. The van der Waals surface area contributed by atoms with Crippen LogP contribution in [0.5, 0.6) is 0 Å². The first-order valence-electron chi connectivity index (χ1n) is 8.32. The molecule has 118 valence electrons. The number of hydrogen-bond acceptors (Lipinski definition) is 1. The number of carbonyl (C=O) groups is 1. The summed E-state index contributed by atoms with van der Waals surface area (Å²) >= 11 is 0. The summed E-state index contributed by atoms with van der Waals surface area (Å²) in [7, 11) is 0. The van der Waals surface area contributed by atoms with E-state index in [9.17, 15) is 4.79 Å². The molecule has 0 heterocycles. The van der Waals surface area contributed by atoms with E-state index >= 15 is 0 Å². The molecule has 0 aromatic heterocycles. The molecule has 1 rings (SSSR count). The van der Waals surface area contributed by atoms with E-state index in [1.54, 1.807) is 17.2 Å². The van der Waals surface area contributed by atoms with E-state index in [2.05, 4.69) is 33.8 Å². The van der Waals surface area contributed by atoms with Gasteiger partial charge in [-0.05, 0) is 77.2 Å². The van der Waals surface area contributed by atoms with Gasteiger partial charge < -0.3 is 0 Å². The van der Waals surface area contributed by atoms with Crippen molar-refractivity contribution in [3.05, 3.63) is 34.4 Å². The van der Waals surface area contributed by atoms with Crippen LogP contribution in [0.15, 0.2) is 34.4 Å². The molecule has 1 aliphatic rings. The molecule has 0 N–H and O–H groups in total. The molecule has 0 aromatic rings. The summed E-state index contributed by atoms with van der Waals surface area (Å²) in [6, 6.07) is 0. The molecule has 0 radical (unpaired) electrons. The Morgan fingerprint density at radius 1 is 1.19 bits per heavy atom. The molecule has 0 bridgehead atoms. The Balaban J connectivity index is 2.50. The van der Waals surface area contributed by atoms with Gasteiger partial charge in [-0.2, -0.15) is 0 Å². The Kier molecular flexibility index (Phi) is 7.14. The smallest absolute Gasteiger partial charge is 0.142 e. The first-order valence-corrected chi connectivity index (χ1v) is 8.32. The van der Waals surface area contributed by atoms with Gasteiger partial charge in [0, 0.05) is 0 Å². The van der Waals surface area contributed by atoms with Gasteiger partial charge in [0.1, 0.15) is 6.29 Å². The Morgan fingerprint density at radius 2 is 1.90 bits per heavy atom. The van der Waals surface area contributed by atoms with Crippen molar-refractivity contribution in [1.29, 1.82) is 0 Å². The fourth-order valence-corrected chi connectivity index (χ4v) is 3.40. The van der Waals surface area contributed by atoms with Crippen LogP contribution in [-0.2, 0) is 4.79 Å². The van der Waals surface area contributed by atoms with Gasteiger partial charge in [0.25, 0.3) is 0 Å². The number of aldehydes is 1. The molecule has 0 spiro atoms. The van der Waals surface area contributed by atoms with E-state index in [-0.39, 0.29) is 0 Å². The van der Waals surface area contributed by atoms with Crippen LogP contribution in [0.4, 0.5) is 0 Å². The molecule has 0 saturated carbocycles. The maximum atomic E-state index is 10.4. The molecule has 0 aliphatic heterocycles. The molecular weight excluding hydrogens is 256 g/mol. The van der Waals surface area contributed by atoms with Crippen LogP contribution in [0.1, 0.15) is 79.6 Å². The maximum Gasteiger partial charge on any atom is 0.142 e. The van der Waals surface area contributed by atoms with Crippen LogP contribution >= 0.6 is 0 Å². The molecule has 0 fully saturated rings. The van der Waals surface area contributed by atoms with Crippen molar-refractivity contribution >= 4 is 6.29 Å². The van der Waals surface area contributed by atoms with Crippen LogP contribution in [0.2, 0.25) is 0 Å². The highest BCUT2D eigenvalue weighted by molar-refractivity contribution is 5.65. The van der Waals surface area contributed by atoms with Crippen LogP contribution in [0, 0.1) is 5.41 Å². The third-order valence-corrected chi connectivity index (χ3v) is 4.84. The normalized spacial score (nSPS) is 19.9. The lowest BCUT2D eigenvalue weighted by Crippen LogP contribution is -2.20. The van der Waals surface area contributed by atoms with Gasteiger partial charge in [-0.15, -0.1) is 0 Å². The van der Waals surface area contributed by atoms with Gasteiger partial charge in [0.05, 0.1) is 0 Å². The summed E-state index contributed by atoms with van der Waals surface area (Å²) in [6.45, 7) is 11.4. The van der Waals surface area contributed by atoms with Crippen LogP contribution in [0.25, 0.3) is 0 Å². The molecule has 0 atom stereocenters. The minimum Gasteiger partial charge on any atom is -0.299 e. The molecule has 1 heteroatoms. The molecule has 21 heavy (non-hydrogen) atoms. The van der Waals surface area contributed by atoms with E-state index in [1.165, 1.54) is 43.3 Å². The number of rotatable bonds is 7. The second kappa shape index (κ2) is 8.36. The van der Waals surface area contributed by atoms with E-state index in [1.807, 2.05) is 6.92 Å². The fourth-order valence-electron chi connectivity index (χ4n) is 3.40. The Bertz CT molecular complexity index is 446. The Morgan fingerprint density at radius 3 is 2.52 bits per heavy atom. The predicted molar refractivity (Wildman–Crippen MR) is 92.4 cm³/mol. The molecule has 0 amide bonds. The minimum atomic E-state index is 0.395. The van der Waals surface area contributed by atoms with Gasteiger partial charge in [0.15, 0.2) is 0 Å². The lowest BCUT2D eigenvalue weighted by Gasteiger charge is -2.35. The lowest BCUT2D eigenvalue weighted by molar-refractivity contribution is -0.104.